The Labute approximate surface area is 486 Å². The zero-order valence-corrected chi connectivity index (χ0v) is 52.0. The van der Waals surface area contributed by atoms with Crippen molar-refractivity contribution in [2.24, 2.45) is 46.3 Å². The molecule has 3 saturated heterocycles. The fourth-order valence-corrected chi connectivity index (χ4v) is 17.0. The maximum absolute atomic E-state index is 14.7. The normalized spacial score (nSPS) is 50.3. The van der Waals surface area contributed by atoms with Gasteiger partial charge in [0.25, 0.3) is 5.91 Å². The topological polar surface area (TPSA) is 267 Å². The lowest BCUT2D eigenvalue weighted by molar-refractivity contribution is -0.318. The van der Waals surface area contributed by atoms with E-state index in [1.165, 1.54) is 14.0 Å². The van der Waals surface area contributed by atoms with Gasteiger partial charge in [0, 0.05) is 68.4 Å². The van der Waals surface area contributed by atoms with E-state index in [0.717, 1.165) is 5.57 Å². The van der Waals surface area contributed by atoms with Gasteiger partial charge in [0.05, 0.1) is 52.5 Å². The number of likely N-dealkylation sites (N-methyl/N-ethyl adjacent to an activating group) is 1. The maximum Gasteiger partial charge on any atom is 0.311 e. The van der Waals surface area contributed by atoms with Crippen molar-refractivity contribution in [3.63, 3.8) is 0 Å². The number of methoxy groups -OCH3 is 1. The zero-order chi connectivity index (χ0) is 60.5. The van der Waals surface area contributed by atoms with Gasteiger partial charge in [-0.05, 0) is 137 Å². The van der Waals surface area contributed by atoms with Crippen molar-refractivity contribution in [3.05, 3.63) is 23.8 Å². The molecule has 0 aromatic carbocycles. The SMILES string of the molecule is CC[C@H]1OC(=O)[C@H](C)[C@@H](O[C@@H]2C[C@](C)(OC)[C@H](O)C(C)O2)[C@H](C)[C@@H](O[C@@H]2O[C@H](C)C[C@@H](N(C)C)[C@H]2O)[C@](C)(O)C[C@@H](C)CN(CCCNC(=O)[C@@]2(O)[C@@H](C)CC3C4CC=C5CC(=O)C=C[C@]5(C)[C@@]4(Cl)[C@@H](O)C[C@@]32C)[C@H](C)[C@@H](O)[C@]1(C)O. The first kappa shape index (κ1) is 66.3. The molecule has 2 saturated carbocycles. The Morgan fingerprint density at radius 2 is 1.57 bits per heavy atom. The van der Waals surface area contributed by atoms with E-state index in [1.54, 1.807) is 54.5 Å². The molecule has 4 aliphatic carbocycles. The lowest BCUT2D eigenvalue weighted by atomic mass is 9.46. The summed E-state index contributed by atoms with van der Waals surface area (Å²) in [5, 5.41) is 88.9. The van der Waals surface area contributed by atoms with Gasteiger partial charge in [-0.3, -0.25) is 19.3 Å². The van der Waals surface area contributed by atoms with Crippen LogP contribution in [-0.2, 0) is 42.8 Å². The highest BCUT2D eigenvalue weighted by Gasteiger charge is 2.74. The van der Waals surface area contributed by atoms with Gasteiger partial charge in [0.15, 0.2) is 24.0 Å². The number of ketones is 1. The van der Waals surface area contributed by atoms with Crippen LogP contribution in [0.1, 0.15) is 148 Å². The molecule has 0 spiro atoms. The second-order valence-electron chi connectivity index (χ2n) is 27.5. The molecule has 7 aliphatic rings. The number of nitrogens with zero attached hydrogens (tertiary/aromatic N) is 2. The number of esters is 1. The van der Waals surface area contributed by atoms with Crippen LogP contribution < -0.4 is 5.32 Å². The summed E-state index contributed by atoms with van der Waals surface area (Å²) in [5.74, 6) is -4.67. The summed E-state index contributed by atoms with van der Waals surface area (Å²) in [4.78, 5) is 44.7. The number of aliphatic hydroxyl groups excluding tert-OH is 4. The van der Waals surface area contributed by atoms with E-state index in [0.29, 0.717) is 25.7 Å². The quantitative estimate of drug-likeness (QED) is 0.0583. The van der Waals surface area contributed by atoms with Crippen molar-refractivity contribution in [3.8, 4) is 0 Å². The molecule has 1 amide bonds. The number of nitrogens with one attached hydrogen (secondary N) is 1. The lowest BCUT2D eigenvalue weighted by Gasteiger charge is -2.63. The molecule has 3 unspecified atom stereocenters. The first-order valence-electron chi connectivity index (χ1n) is 30.1. The van der Waals surface area contributed by atoms with E-state index >= 15 is 0 Å². The first-order chi connectivity index (χ1) is 37.5. The summed E-state index contributed by atoms with van der Waals surface area (Å²) in [5.41, 5.74) is -7.63. The van der Waals surface area contributed by atoms with E-state index in [9.17, 15) is 50.1 Å². The van der Waals surface area contributed by atoms with Gasteiger partial charge in [0.1, 0.15) is 30.0 Å². The Bertz CT molecular complexity index is 2310. The summed E-state index contributed by atoms with van der Waals surface area (Å²) in [6, 6.07) is -1.14. The number of rotatable bonds is 12. The molecule has 3 heterocycles. The number of halogens is 1. The highest BCUT2D eigenvalue weighted by molar-refractivity contribution is 6.26. The molecular weight excluding hydrogens is 1070 g/mol. The highest BCUT2D eigenvalue weighted by atomic mass is 35.5. The number of hydrogen-bond donors (Lipinski definition) is 8. The second kappa shape index (κ2) is 24.5. The Morgan fingerprint density at radius 1 is 0.901 bits per heavy atom. The molecule has 0 aromatic rings. The Balaban J connectivity index is 1.16. The molecule has 0 bridgehead atoms. The summed E-state index contributed by atoms with van der Waals surface area (Å²) < 4.78 is 38.3. The van der Waals surface area contributed by atoms with Crippen LogP contribution in [0.15, 0.2) is 23.8 Å². The molecule has 464 valence electrons. The lowest BCUT2D eigenvalue weighted by Crippen LogP contribution is -2.69. The monoisotopic (exact) mass is 1170 g/mol. The van der Waals surface area contributed by atoms with Gasteiger partial charge >= 0.3 is 5.97 Å². The van der Waals surface area contributed by atoms with E-state index < -0.39 is 135 Å². The smallest absolute Gasteiger partial charge is 0.311 e. The minimum absolute atomic E-state index is 0.0138. The summed E-state index contributed by atoms with van der Waals surface area (Å²) in [6.07, 6.45) is -3.66. The summed E-state index contributed by atoms with van der Waals surface area (Å²) in [7, 11) is 5.22. The van der Waals surface area contributed by atoms with Crippen molar-refractivity contribution < 1.29 is 78.6 Å². The molecule has 7 rings (SSSR count). The molecule has 0 radical (unpaired) electrons. The largest absolute Gasteiger partial charge is 0.459 e. The predicted molar refractivity (Wildman–Crippen MR) is 303 cm³/mol. The Kier molecular flexibility index (Phi) is 20.1. The standard InChI is InChI=1S/C61H102ClN3O16/c1-17-45-59(13,74)49(69)37(7)65(24-18-23-63-54(72)61(75)33(3)25-42-41-20-19-39-27-40(66)21-22-55(39,9)60(41,62)44(67)29-56(42,61)10)31-32(2)28-57(11,73)51(81-53-47(68)43(64(14)15)26-34(4)77-53)35(5)48(36(6)52(71)79-45)80-46-30-58(12,76-16)50(70)38(8)78-46/h19,21-22,32-38,41-51,53,67-70,73-75H,17-18,20,23-31H2,1-16H3,(H,63,72)/t32-,33+,34-,35+,36-,37-,38?,41?,42?,43-,44+,45-,46-,47-,48+,49-,50-,51-,53+,55+,56+,57-,58+,59-,60+,61+/m1/s1. The van der Waals surface area contributed by atoms with Crippen LogP contribution in [0, 0.1) is 46.3 Å². The van der Waals surface area contributed by atoms with Crippen LogP contribution >= 0.6 is 11.6 Å². The Morgan fingerprint density at radius 3 is 2.20 bits per heavy atom. The Hall–Kier alpha value is -2.18. The third kappa shape index (κ3) is 11.9. The van der Waals surface area contributed by atoms with Crippen LogP contribution in [0.25, 0.3) is 0 Å². The molecule has 3 aliphatic heterocycles. The number of alkyl halides is 1. The number of ether oxygens (including phenoxy) is 6. The van der Waals surface area contributed by atoms with Crippen LogP contribution in [-0.4, -0.2) is 211 Å². The maximum atomic E-state index is 14.7. The van der Waals surface area contributed by atoms with Crippen molar-refractivity contribution in [1.82, 2.24) is 15.1 Å². The molecule has 19 nitrogen and oxygen atoms in total. The van der Waals surface area contributed by atoms with E-state index in [1.807, 2.05) is 64.6 Å². The first-order valence-corrected chi connectivity index (χ1v) is 30.4. The van der Waals surface area contributed by atoms with E-state index in [-0.39, 0.29) is 87.4 Å². The molecule has 0 aromatic heterocycles. The van der Waals surface area contributed by atoms with Crippen LogP contribution in [0.4, 0.5) is 0 Å². The van der Waals surface area contributed by atoms with Crippen LogP contribution in [0.3, 0.4) is 0 Å². The van der Waals surface area contributed by atoms with Gasteiger partial charge in [-0.1, -0.05) is 59.3 Å². The minimum atomic E-state index is -2.00. The van der Waals surface area contributed by atoms with Crippen molar-refractivity contribution in [2.75, 3.05) is 40.8 Å². The average molecular weight is 1170 g/mol. The van der Waals surface area contributed by atoms with Gasteiger partial charge < -0.3 is 74.4 Å². The van der Waals surface area contributed by atoms with E-state index in [4.69, 9.17) is 40.0 Å². The van der Waals surface area contributed by atoms with Gasteiger partial charge in [-0.2, -0.15) is 0 Å². The molecule has 81 heavy (non-hydrogen) atoms. The predicted octanol–water partition coefficient (Wildman–Crippen LogP) is 4.39. The number of aliphatic hydroxyl groups is 7. The zero-order valence-electron chi connectivity index (χ0n) is 51.3. The highest BCUT2D eigenvalue weighted by Crippen LogP contribution is 2.71. The van der Waals surface area contributed by atoms with Crippen LogP contribution in [0.2, 0.25) is 0 Å². The van der Waals surface area contributed by atoms with Crippen molar-refractivity contribution in [2.45, 2.75) is 255 Å². The van der Waals surface area contributed by atoms with Crippen molar-refractivity contribution >= 4 is 29.3 Å². The summed E-state index contributed by atoms with van der Waals surface area (Å²) >= 11 is 7.67. The number of cyclic esters (lactones) is 1. The summed E-state index contributed by atoms with van der Waals surface area (Å²) in [6.45, 7) is 23.7. The van der Waals surface area contributed by atoms with Crippen molar-refractivity contribution in [1.29, 1.82) is 0 Å². The molecule has 8 N–H and O–H groups in total. The third-order valence-corrected chi connectivity index (χ3v) is 22.4. The molecule has 5 fully saturated rings. The number of hydrogen-bond acceptors (Lipinski definition) is 18. The minimum Gasteiger partial charge on any atom is -0.459 e. The average Bonchev–Trinajstić information content (AvgIpc) is 2.79. The number of fused-ring (bicyclic) bond motifs is 5. The third-order valence-electron chi connectivity index (χ3n) is 21.5. The number of amides is 1. The molecular formula is C61H102ClN3O16. The van der Waals surface area contributed by atoms with E-state index in [2.05, 4.69) is 11.4 Å². The molecule has 20 heteroatoms. The molecule has 26 atom stereocenters. The van der Waals surface area contributed by atoms with Gasteiger partial charge in [-0.25, -0.2) is 0 Å². The van der Waals surface area contributed by atoms with Crippen LogP contribution in [0.5, 0.6) is 0 Å². The van der Waals surface area contributed by atoms with Gasteiger partial charge in [-0.15, -0.1) is 11.6 Å². The number of carbonyl (C=O) groups is 3. The fraction of sp³-hybridized carbons (Fsp3) is 0.885. The number of carbonyl (C=O) groups excluding carboxylic acids is 3. The second-order valence-corrected chi connectivity index (χ2v) is 28.1. The number of allylic oxidation sites excluding steroid dienone is 4. The fourth-order valence-electron chi connectivity index (χ4n) is 16.5. The van der Waals surface area contributed by atoms with Gasteiger partial charge in [0.2, 0.25) is 0 Å².